The summed E-state index contributed by atoms with van der Waals surface area (Å²) in [6, 6.07) is 1.85. The molecule has 2 N–H and O–H groups in total. The SMILES string of the molecule is NCC1CCCN(Cc2ncccn2)C1. The van der Waals surface area contributed by atoms with E-state index < -0.39 is 0 Å². The molecule has 15 heavy (non-hydrogen) atoms. The zero-order chi connectivity index (χ0) is 10.5. The van der Waals surface area contributed by atoms with Crippen molar-refractivity contribution in [3.63, 3.8) is 0 Å². The first kappa shape index (κ1) is 10.5. The summed E-state index contributed by atoms with van der Waals surface area (Å²) in [5.74, 6) is 1.57. The Hall–Kier alpha value is -1.00. The molecule has 0 aromatic carbocycles. The molecule has 1 aromatic heterocycles. The Bertz CT molecular complexity index is 288. The summed E-state index contributed by atoms with van der Waals surface area (Å²) in [4.78, 5) is 10.9. The average Bonchev–Trinajstić information content (AvgIpc) is 2.31. The molecule has 1 atom stereocenters. The Kier molecular flexibility index (Phi) is 3.64. The van der Waals surface area contributed by atoms with Gasteiger partial charge in [-0.1, -0.05) is 0 Å². The lowest BCUT2D eigenvalue weighted by atomic mass is 9.98. The Balaban J connectivity index is 1.89. The van der Waals surface area contributed by atoms with Gasteiger partial charge in [-0.2, -0.15) is 0 Å². The first-order chi connectivity index (χ1) is 7.38. The number of hydrogen-bond acceptors (Lipinski definition) is 4. The van der Waals surface area contributed by atoms with E-state index in [1.807, 2.05) is 6.07 Å². The minimum absolute atomic E-state index is 0.655. The highest BCUT2D eigenvalue weighted by Gasteiger charge is 2.18. The topological polar surface area (TPSA) is 55.0 Å². The molecular formula is C11H18N4. The summed E-state index contributed by atoms with van der Waals surface area (Å²) in [7, 11) is 0. The highest BCUT2D eigenvalue weighted by atomic mass is 15.2. The van der Waals surface area contributed by atoms with Gasteiger partial charge in [-0.05, 0) is 37.9 Å². The summed E-state index contributed by atoms with van der Waals surface area (Å²) in [5, 5.41) is 0. The molecule has 1 fully saturated rings. The number of nitrogens with zero attached hydrogens (tertiary/aromatic N) is 3. The summed E-state index contributed by atoms with van der Waals surface area (Å²) >= 11 is 0. The van der Waals surface area contributed by atoms with Crippen molar-refractivity contribution in [2.75, 3.05) is 19.6 Å². The van der Waals surface area contributed by atoms with Crippen molar-refractivity contribution in [2.24, 2.45) is 11.7 Å². The van der Waals surface area contributed by atoms with Crippen LogP contribution in [0, 0.1) is 5.92 Å². The van der Waals surface area contributed by atoms with Gasteiger partial charge in [-0.15, -0.1) is 0 Å². The molecule has 1 aliphatic rings. The third-order valence-corrected chi connectivity index (χ3v) is 2.92. The van der Waals surface area contributed by atoms with Crippen LogP contribution in [0.5, 0.6) is 0 Å². The highest BCUT2D eigenvalue weighted by Crippen LogP contribution is 2.16. The van der Waals surface area contributed by atoms with E-state index in [4.69, 9.17) is 5.73 Å². The smallest absolute Gasteiger partial charge is 0.142 e. The molecule has 1 saturated heterocycles. The quantitative estimate of drug-likeness (QED) is 0.789. The van der Waals surface area contributed by atoms with Crippen LogP contribution < -0.4 is 5.73 Å². The van der Waals surface area contributed by atoms with E-state index >= 15 is 0 Å². The number of nitrogens with two attached hydrogens (primary N) is 1. The van der Waals surface area contributed by atoms with Crippen LogP contribution >= 0.6 is 0 Å². The van der Waals surface area contributed by atoms with Gasteiger partial charge in [0.2, 0.25) is 0 Å². The third kappa shape index (κ3) is 2.97. The van der Waals surface area contributed by atoms with Crippen molar-refractivity contribution >= 4 is 0 Å². The summed E-state index contributed by atoms with van der Waals surface area (Å²) in [5.41, 5.74) is 5.70. The van der Waals surface area contributed by atoms with Gasteiger partial charge in [-0.3, -0.25) is 4.90 Å². The van der Waals surface area contributed by atoms with E-state index in [2.05, 4.69) is 14.9 Å². The largest absolute Gasteiger partial charge is 0.330 e. The first-order valence-electron chi connectivity index (χ1n) is 5.57. The van der Waals surface area contributed by atoms with Gasteiger partial charge in [0.1, 0.15) is 5.82 Å². The molecule has 0 radical (unpaired) electrons. The van der Waals surface area contributed by atoms with Crippen molar-refractivity contribution in [1.29, 1.82) is 0 Å². The van der Waals surface area contributed by atoms with Crippen molar-refractivity contribution in [3.05, 3.63) is 24.3 Å². The number of aromatic nitrogens is 2. The van der Waals surface area contributed by atoms with E-state index in [0.29, 0.717) is 5.92 Å². The van der Waals surface area contributed by atoms with Crippen LogP contribution in [0.15, 0.2) is 18.5 Å². The molecule has 0 spiro atoms. The molecule has 0 aliphatic carbocycles. The molecular weight excluding hydrogens is 188 g/mol. The predicted octanol–water partition coefficient (Wildman–Crippen LogP) is 0.647. The minimum Gasteiger partial charge on any atom is -0.330 e. The molecule has 4 nitrogen and oxygen atoms in total. The van der Waals surface area contributed by atoms with E-state index in [0.717, 1.165) is 32.0 Å². The van der Waals surface area contributed by atoms with Crippen LogP contribution in [0.3, 0.4) is 0 Å². The number of likely N-dealkylation sites (tertiary alicyclic amines) is 1. The first-order valence-corrected chi connectivity index (χ1v) is 5.57. The van der Waals surface area contributed by atoms with Gasteiger partial charge in [0.15, 0.2) is 0 Å². The number of rotatable bonds is 3. The molecule has 4 heteroatoms. The molecule has 0 bridgehead atoms. The lowest BCUT2D eigenvalue weighted by Crippen LogP contribution is -2.38. The Morgan fingerprint density at radius 3 is 2.93 bits per heavy atom. The van der Waals surface area contributed by atoms with Gasteiger partial charge in [0.25, 0.3) is 0 Å². The molecule has 1 unspecified atom stereocenters. The van der Waals surface area contributed by atoms with Gasteiger partial charge >= 0.3 is 0 Å². The van der Waals surface area contributed by atoms with Crippen LogP contribution in [-0.2, 0) is 6.54 Å². The maximum absolute atomic E-state index is 5.70. The molecule has 82 valence electrons. The van der Waals surface area contributed by atoms with Gasteiger partial charge in [-0.25, -0.2) is 9.97 Å². The number of piperidine rings is 1. The number of hydrogen-bond donors (Lipinski definition) is 1. The zero-order valence-corrected chi connectivity index (χ0v) is 8.97. The maximum atomic E-state index is 5.70. The van der Waals surface area contributed by atoms with Crippen LogP contribution in [-0.4, -0.2) is 34.5 Å². The molecule has 2 rings (SSSR count). The van der Waals surface area contributed by atoms with Crippen molar-refractivity contribution in [1.82, 2.24) is 14.9 Å². The standard InChI is InChI=1S/C11H18N4/c12-7-10-3-1-6-15(8-10)9-11-13-4-2-5-14-11/h2,4-5,10H,1,3,6-9,12H2. The van der Waals surface area contributed by atoms with Gasteiger partial charge < -0.3 is 5.73 Å². The highest BCUT2D eigenvalue weighted by molar-refractivity contribution is 4.89. The Morgan fingerprint density at radius 2 is 2.20 bits per heavy atom. The molecule has 0 amide bonds. The second-order valence-corrected chi connectivity index (χ2v) is 4.14. The second-order valence-electron chi connectivity index (χ2n) is 4.14. The van der Waals surface area contributed by atoms with E-state index in [1.54, 1.807) is 12.4 Å². The lowest BCUT2D eigenvalue weighted by molar-refractivity contribution is 0.167. The van der Waals surface area contributed by atoms with Gasteiger partial charge in [0, 0.05) is 18.9 Å². The van der Waals surface area contributed by atoms with Crippen molar-refractivity contribution in [3.8, 4) is 0 Å². The van der Waals surface area contributed by atoms with E-state index in [-0.39, 0.29) is 0 Å². The third-order valence-electron chi connectivity index (χ3n) is 2.92. The molecule has 1 aliphatic heterocycles. The molecule has 2 heterocycles. The average molecular weight is 206 g/mol. The Labute approximate surface area is 90.5 Å². The summed E-state index contributed by atoms with van der Waals surface area (Å²) < 4.78 is 0. The zero-order valence-electron chi connectivity index (χ0n) is 8.97. The van der Waals surface area contributed by atoms with Crippen LogP contribution in [0.4, 0.5) is 0 Å². The van der Waals surface area contributed by atoms with E-state index in [1.165, 1.54) is 12.8 Å². The summed E-state index contributed by atoms with van der Waals surface area (Å²) in [6.07, 6.45) is 6.11. The van der Waals surface area contributed by atoms with Gasteiger partial charge in [0.05, 0.1) is 6.54 Å². The monoisotopic (exact) mass is 206 g/mol. The predicted molar refractivity (Wildman–Crippen MR) is 59.1 cm³/mol. The fourth-order valence-electron chi connectivity index (χ4n) is 2.10. The normalized spacial score (nSPS) is 22.9. The molecule has 1 aromatic rings. The van der Waals surface area contributed by atoms with Crippen LogP contribution in [0.2, 0.25) is 0 Å². The van der Waals surface area contributed by atoms with E-state index in [9.17, 15) is 0 Å². The minimum atomic E-state index is 0.655. The van der Waals surface area contributed by atoms with Crippen LogP contribution in [0.25, 0.3) is 0 Å². The summed E-state index contributed by atoms with van der Waals surface area (Å²) in [6.45, 7) is 3.90. The lowest BCUT2D eigenvalue weighted by Gasteiger charge is -2.31. The molecule has 0 saturated carbocycles. The Morgan fingerprint density at radius 1 is 1.40 bits per heavy atom. The fraction of sp³-hybridized carbons (Fsp3) is 0.636. The maximum Gasteiger partial charge on any atom is 0.142 e. The fourth-order valence-corrected chi connectivity index (χ4v) is 2.10. The second kappa shape index (κ2) is 5.19. The van der Waals surface area contributed by atoms with Crippen LogP contribution in [0.1, 0.15) is 18.7 Å². The van der Waals surface area contributed by atoms with Crippen molar-refractivity contribution < 1.29 is 0 Å². The van der Waals surface area contributed by atoms with Crippen molar-refractivity contribution in [2.45, 2.75) is 19.4 Å².